The summed E-state index contributed by atoms with van der Waals surface area (Å²) in [5, 5.41) is 20.0. The van der Waals surface area contributed by atoms with E-state index in [1.807, 2.05) is 37.3 Å². The second-order valence-electron chi connectivity index (χ2n) is 5.38. The van der Waals surface area contributed by atoms with Crippen molar-refractivity contribution in [3.63, 3.8) is 0 Å². The second kappa shape index (κ2) is 5.17. The molecule has 0 saturated carbocycles. The number of aromatic hydroxyl groups is 1. The van der Waals surface area contributed by atoms with Crippen molar-refractivity contribution in [2.45, 2.75) is 6.92 Å². The number of rotatable bonds is 3. The van der Waals surface area contributed by atoms with Gasteiger partial charge in [0, 0.05) is 17.3 Å². The molecule has 0 bridgehead atoms. The van der Waals surface area contributed by atoms with Crippen molar-refractivity contribution < 1.29 is 5.11 Å². The van der Waals surface area contributed by atoms with Crippen molar-refractivity contribution in [1.82, 2.24) is 20.2 Å². The first-order chi connectivity index (χ1) is 11.2. The molecule has 0 aliphatic heterocycles. The molecule has 0 atom stereocenters. The number of imidazole rings is 1. The van der Waals surface area contributed by atoms with Crippen LogP contribution in [0.25, 0.3) is 22.3 Å². The molecule has 6 nitrogen and oxygen atoms in total. The number of aromatic amines is 2. The van der Waals surface area contributed by atoms with Crippen molar-refractivity contribution in [2.24, 2.45) is 0 Å². The molecule has 4 rings (SSSR count). The third-order valence-electron chi connectivity index (χ3n) is 3.86. The summed E-state index contributed by atoms with van der Waals surface area (Å²) in [4.78, 5) is 7.43. The number of phenolic OH excluding ortho intramolecular Hbond substituents is 1. The Kier molecular flexibility index (Phi) is 3.01. The van der Waals surface area contributed by atoms with Gasteiger partial charge in [-0.3, -0.25) is 5.10 Å². The Bertz CT molecular complexity index is 968. The average molecular weight is 305 g/mol. The predicted molar refractivity (Wildman–Crippen MR) is 89.8 cm³/mol. The largest absolute Gasteiger partial charge is 0.508 e. The van der Waals surface area contributed by atoms with Crippen molar-refractivity contribution >= 4 is 22.5 Å². The maximum Gasteiger partial charge on any atom is 0.152 e. The summed E-state index contributed by atoms with van der Waals surface area (Å²) < 4.78 is 0. The highest BCUT2D eigenvalue weighted by Crippen LogP contribution is 2.27. The average Bonchev–Trinajstić information content (AvgIpc) is 3.20. The number of anilines is 2. The monoisotopic (exact) mass is 305 g/mol. The van der Waals surface area contributed by atoms with Crippen LogP contribution in [0.1, 0.15) is 5.56 Å². The van der Waals surface area contributed by atoms with Crippen LogP contribution in [0.3, 0.4) is 0 Å². The first kappa shape index (κ1) is 13.4. The van der Waals surface area contributed by atoms with Gasteiger partial charge < -0.3 is 15.4 Å². The second-order valence-corrected chi connectivity index (χ2v) is 5.38. The molecule has 0 aliphatic rings. The van der Waals surface area contributed by atoms with Gasteiger partial charge in [0.15, 0.2) is 5.82 Å². The lowest BCUT2D eigenvalue weighted by Gasteiger charge is -2.07. The lowest BCUT2D eigenvalue weighted by Crippen LogP contribution is -1.94. The molecule has 2 heterocycles. The first-order valence-corrected chi connectivity index (χ1v) is 7.25. The molecule has 0 unspecified atom stereocenters. The van der Waals surface area contributed by atoms with Crippen LogP contribution in [-0.2, 0) is 0 Å². The van der Waals surface area contributed by atoms with Crippen LogP contribution in [0.5, 0.6) is 5.75 Å². The number of hydrogen-bond donors (Lipinski definition) is 4. The van der Waals surface area contributed by atoms with E-state index in [0.717, 1.165) is 39.4 Å². The van der Waals surface area contributed by atoms with E-state index < -0.39 is 0 Å². The molecule has 6 heteroatoms. The molecular weight excluding hydrogens is 290 g/mol. The van der Waals surface area contributed by atoms with E-state index in [4.69, 9.17) is 0 Å². The molecule has 0 spiro atoms. The maximum absolute atomic E-state index is 9.36. The highest BCUT2D eigenvalue weighted by molar-refractivity contribution is 5.85. The van der Waals surface area contributed by atoms with Gasteiger partial charge in [-0.05, 0) is 48.9 Å². The molecule has 4 aromatic rings. The molecule has 0 amide bonds. The minimum atomic E-state index is 0.245. The minimum absolute atomic E-state index is 0.245. The Balaban J connectivity index is 1.64. The minimum Gasteiger partial charge on any atom is -0.508 e. The van der Waals surface area contributed by atoms with Crippen LogP contribution in [0.15, 0.2) is 48.8 Å². The molecule has 0 aliphatic carbocycles. The highest BCUT2D eigenvalue weighted by atomic mass is 16.3. The third kappa shape index (κ3) is 2.40. The smallest absolute Gasteiger partial charge is 0.152 e. The van der Waals surface area contributed by atoms with Crippen LogP contribution in [-0.4, -0.2) is 25.3 Å². The van der Waals surface area contributed by atoms with Crippen LogP contribution < -0.4 is 5.32 Å². The number of benzene rings is 2. The van der Waals surface area contributed by atoms with E-state index in [9.17, 15) is 5.11 Å². The molecule has 2 aromatic carbocycles. The molecule has 0 radical (unpaired) electrons. The van der Waals surface area contributed by atoms with Crippen molar-refractivity contribution in [2.75, 3.05) is 5.32 Å². The van der Waals surface area contributed by atoms with Gasteiger partial charge in [-0.25, -0.2) is 4.98 Å². The zero-order valence-electron chi connectivity index (χ0n) is 12.5. The number of aryl methyl sites for hydroxylation is 1. The molecule has 23 heavy (non-hydrogen) atoms. The third-order valence-corrected chi connectivity index (χ3v) is 3.86. The van der Waals surface area contributed by atoms with Crippen LogP contribution in [0.2, 0.25) is 0 Å². The molecule has 114 valence electrons. The quantitative estimate of drug-likeness (QED) is 0.464. The molecule has 2 aromatic heterocycles. The number of H-pyrrole nitrogens is 2. The van der Waals surface area contributed by atoms with Gasteiger partial charge in [0.05, 0.1) is 23.1 Å². The van der Waals surface area contributed by atoms with Crippen LogP contribution in [0, 0.1) is 6.92 Å². The lowest BCUT2D eigenvalue weighted by atomic mass is 10.1. The molecular formula is C17H15N5O. The van der Waals surface area contributed by atoms with E-state index >= 15 is 0 Å². The topological polar surface area (TPSA) is 89.6 Å². The Labute approximate surface area is 132 Å². The van der Waals surface area contributed by atoms with Gasteiger partial charge in [-0.1, -0.05) is 0 Å². The fourth-order valence-electron chi connectivity index (χ4n) is 2.60. The summed E-state index contributed by atoms with van der Waals surface area (Å²) in [5.74, 6) is 0.973. The summed E-state index contributed by atoms with van der Waals surface area (Å²) in [7, 11) is 0. The Morgan fingerprint density at radius 2 is 1.91 bits per heavy atom. The van der Waals surface area contributed by atoms with E-state index in [-0.39, 0.29) is 5.75 Å². The van der Waals surface area contributed by atoms with Crippen molar-refractivity contribution in [1.29, 1.82) is 0 Å². The number of nitrogens with zero attached hydrogens (tertiary/aromatic N) is 2. The molecule has 0 fully saturated rings. The number of fused-ring (bicyclic) bond motifs is 1. The fraction of sp³-hybridized carbons (Fsp3) is 0.0588. The Morgan fingerprint density at radius 1 is 1.09 bits per heavy atom. The van der Waals surface area contributed by atoms with Crippen molar-refractivity contribution in [3.8, 4) is 17.0 Å². The maximum atomic E-state index is 9.36. The summed E-state index contributed by atoms with van der Waals surface area (Å²) >= 11 is 0. The highest BCUT2D eigenvalue weighted by Gasteiger charge is 2.08. The normalized spacial score (nSPS) is 11.0. The summed E-state index contributed by atoms with van der Waals surface area (Å²) in [6, 6.07) is 12.9. The lowest BCUT2D eigenvalue weighted by molar-refractivity contribution is 0.475. The van der Waals surface area contributed by atoms with Gasteiger partial charge in [0.2, 0.25) is 0 Å². The van der Waals surface area contributed by atoms with Crippen molar-refractivity contribution in [3.05, 3.63) is 54.4 Å². The summed E-state index contributed by atoms with van der Waals surface area (Å²) in [6.45, 7) is 2.03. The predicted octanol–water partition coefficient (Wildman–Crippen LogP) is 3.71. The van der Waals surface area contributed by atoms with Gasteiger partial charge in [-0.15, -0.1) is 0 Å². The van der Waals surface area contributed by atoms with E-state index in [1.165, 1.54) is 0 Å². The zero-order chi connectivity index (χ0) is 15.8. The zero-order valence-corrected chi connectivity index (χ0v) is 12.5. The van der Waals surface area contributed by atoms with Gasteiger partial charge in [0.1, 0.15) is 5.75 Å². The molecule has 0 saturated heterocycles. The van der Waals surface area contributed by atoms with E-state index in [1.54, 1.807) is 18.5 Å². The summed E-state index contributed by atoms with van der Waals surface area (Å²) in [5.41, 5.74) is 5.84. The first-order valence-electron chi connectivity index (χ1n) is 7.25. The van der Waals surface area contributed by atoms with E-state index in [0.29, 0.717) is 0 Å². The van der Waals surface area contributed by atoms with E-state index in [2.05, 4.69) is 25.5 Å². The number of hydrogen-bond acceptors (Lipinski definition) is 4. The fourth-order valence-corrected chi connectivity index (χ4v) is 2.60. The Morgan fingerprint density at radius 3 is 2.74 bits per heavy atom. The van der Waals surface area contributed by atoms with Crippen LogP contribution in [0.4, 0.5) is 11.5 Å². The van der Waals surface area contributed by atoms with Gasteiger partial charge >= 0.3 is 0 Å². The number of nitrogens with one attached hydrogen (secondary N) is 3. The SMILES string of the molecule is Cc1c(Nc2cc(-c3ccc(O)cc3)[nH]n2)ccc2[nH]cnc12. The standard InChI is InChI=1S/C17H15N5O/c1-10-13(6-7-14-17(10)19-9-18-14)20-16-8-15(21-22-16)11-2-4-12(23)5-3-11/h2-9,23H,1H3,(H,18,19)(H2,20,21,22). The molecule has 4 N–H and O–H groups in total. The Hall–Kier alpha value is -3.28. The van der Waals surface area contributed by atoms with Crippen LogP contribution >= 0.6 is 0 Å². The van der Waals surface area contributed by atoms with Gasteiger partial charge in [-0.2, -0.15) is 5.10 Å². The number of aromatic nitrogens is 4. The summed E-state index contributed by atoms with van der Waals surface area (Å²) in [6.07, 6.45) is 1.69. The number of phenols is 1. The van der Waals surface area contributed by atoms with Gasteiger partial charge in [0.25, 0.3) is 0 Å².